The van der Waals surface area contributed by atoms with E-state index >= 15 is 0 Å². The molecule has 118 valence electrons. The maximum atomic E-state index is 14.3. The summed E-state index contributed by atoms with van der Waals surface area (Å²) in [6.45, 7) is 5.17. The molecule has 1 aromatic carbocycles. The normalized spacial score (nSPS) is 24.0. The van der Waals surface area contributed by atoms with E-state index in [-0.39, 0.29) is 23.4 Å². The lowest BCUT2D eigenvalue weighted by atomic mass is 9.83. The number of carbonyl (C=O) groups excluding carboxylic acids is 2. The Labute approximate surface area is 129 Å². The van der Waals surface area contributed by atoms with Crippen molar-refractivity contribution in [3.63, 3.8) is 0 Å². The van der Waals surface area contributed by atoms with Crippen LogP contribution in [0.4, 0.5) is 14.9 Å². The molecular weight excluding hydrogens is 285 g/mol. The van der Waals surface area contributed by atoms with E-state index in [0.29, 0.717) is 0 Å². The third-order valence-corrected chi connectivity index (χ3v) is 4.27. The van der Waals surface area contributed by atoms with Gasteiger partial charge in [-0.2, -0.15) is 0 Å². The van der Waals surface area contributed by atoms with Gasteiger partial charge in [-0.15, -0.1) is 0 Å². The number of ether oxygens (including phenoxy) is 1. The fourth-order valence-corrected chi connectivity index (χ4v) is 3.46. The van der Waals surface area contributed by atoms with Gasteiger partial charge in [0.25, 0.3) is 0 Å². The monoisotopic (exact) mass is 305 g/mol. The van der Waals surface area contributed by atoms with Gasteiger partial charge < -0.3 is 4.74 Å². The predicted octanol–water partition coefficient (Wildman–Crippen LogP) is 3.99. The van der Waals surface area contributed by atoms with Crippen LogP contribution in [0.2, 0.25) is 0 Å². The maximum Gasteiger partial charge on any atom is 0.421 e. The molecule has 2 amide bonds. The third kappa shape index (κ3) is 2.38. The minimum atomic E-state index is -0.797. The molecule has 1 aliphatic heterocycles. The van der Waals surface area contributed by atoms with E-state index in [1.165, 1.54) is 6.07 Å². The number of rotatable bonds is 0. The molecule has 1 fully saturated rings. The lowest BCUT2D eigenvalue weighted by Gasteiger charge is -2.36. The van der Waals surface area contributed by atoms with Crippen molar-refractivity contribution in [1.82, 2.24) is 0 Å². The number of hydrogen-bond acceptors (Lipinski definition) is 3. The number of fused-ring (bicyclic) bond motifs is 3. The lowest BCUT2D eigenvalue weighted by Crippen LogP contribution is -2.48. The molecule has 1 heterocycles. The van der Waals surface area contributed by atoms with Crippen LogP contribution >= 0.6 is 0 Å². The van der Waals surface area contributed by atoms with E-state index in [0.717, 1.165) is 29.7 Å². The van der Waals surface area contributed by atoms with Gasteiger partial charge in [0.05, 0.1) is 5.69 Å². The summed E-state index contributed by atoms with van der Waals surface area (Å²) in [6, 6.07) is 4.72. The Morgan fingerprint density at radius 3 is 2.64 bits per heavy atom. The highest BCUT2D eigenvalue weighted by molar-refractivity contribution is 6.15. The maximum absolute atomic E-state index is 14.3. The number of amides is 2. The van der Waals surface area contributed by atoms with Crippen molar-refractivity contribution in [3.05, 3.63) is 29.6 Å². The Hall–Kier alpha value is -1.91. The van der Waals surface area contributed by atoms with Crippen molar-refractivity contribution in [2.45, 2.75) is 51.6 Å². The molecule has 2 atom stereocenters. The molecule has 0 spiro atoms. The second kappa shape index (κ2) is 5.07. The van der Waals surface area contributed by atoms with Crippen molar-refractivity contribution in [3.8, 4) is 0 Å². The summed E-state index contributed by atoms with van der Waals surface area (Å²) < 4.78 is 19.7. The van der Waals surface area contributed by atoms with Crippen LogP contribution < -0.4 is 4.90 Å². The number of anilines is 1. The van der Waals surface area contributed by atoms with Gasteiger partial charge in [0.2, 0.25) is 5.91 Å². The molecule has 1 aromatic rings. The van der Waals surface area contributed by atoms with Gasteiger partial charge in [-0.05, 0) is 51.2 Å². The van der Waals surface area contributed by atoms with Crippen molar-refractivity contribution < 1.29 is 18.7 Å². The molecule has 2 unspecified atom stereocenters. The van der Waals surface area contributed by atoms with E-state index in [4.69, 9.17) is 4.74 Å². The molecule has 1 aliphatic carbocycles. The molecule has 5 heteroatoms. The second-order valence-corrected chi connectivity index (χ2v) is 6.98. The van der Waals surface area contributed by atoms with Gasteiger partial charge in [0.15, 0.2) is 0 Å². The Bertz CT molecular complexity index is 635. The number of nitrogens with zero attached hydrogens (tertiary/aromatic N) is 1. The molecule has 3 rings (SSSR count). The summed E-state index contributed by atoms with van der Waals surface area (Å²) in [6.07, 6.45) is 1.71. The summed E-state index contributed by atoms with van der Waals surface area (Å²) in [5, 5.41) is 0. The zero-order valence-corrected chi connectivity index (χ0v) is 13.1. The highest BCUT2D eigenvalue weighted by Crippen LogP contribution is 2.49. The molecule has 2 aliphatic rings. The van der Waals surface area contributed by atoms with E-state index in [2.05, 4.69) is 0 Å². The van der Waals surface area contributed by atoms with Gasteiger partial charge >= 0.3 is 6.09 Å². The Morgan fingerprint density at radius 1 is 1.27 bits per heavy atom. The standard InChI is InChI=1S/C17H20FNO3/c1-17(2,3)22-16(21)19-14-11(7-5-9-13(14)18)10-6-4-8-12(10)15(19)20/h5,7,9-10,12H,4,6,8H2,1-3H3. The predicted molar refractivity (Wildman–Crippen MR) is 80.2 cm³/mol. The Balaban J connectivity index is 2.08. The first-order chi connectivity index (χ1) is 10.3. The molecule has 0 radical (unpaired) electrons. The highest BCUT2D eigenvalue weighted by atomic mass is 19.1. The third-order valence-electron chi connectivity index (χ3n) is 4.27. The summed E-state index contributed by atoms with van der Waals surface area (Å²) >= 11 is 0. The van der Waals surface area contributed by atoms with E-state index in [9.17, 15) is 14.0 Å². The Kier molecular flexibility index (Phi) is 3.46. The topological polar surface area (TPSA) is 46.6 Å². The summed E-state index contributed by atoms with van der Waals surface area (Å²) in [7, 11) is 0. The van der Waals surface area contributed by atoms with Crippen LogP contribution in [-0.4, -0.2) is 17.6 Å². The summed E-state index contributed by atoms with van der Waals surface area (Å²) in [5.41, 5.74) is 0.0767. The molecular formula is C17H20FNO3. The smallest absolute Gasteiger partial charge is 0.421 e. The van der Waals surface area contributed by atoms with Crippen molar-refractivity contribution in [2.75, 3.05) is 4.90 Å². The average Bonchev–Trinajstić information content (AvgIpc) is 2.88. The fourth-order valence-electron chi connectivity index (χ4n) is 3.46. The number of halogens is 1. The van der Waals surface area contributed by atoms with Crippen LogP contribution in [0.1, 0.15) is 51.5 Å². The molecule has 0 N–H and O–H groups in total. The molecule has 4 nitrogen and oxygen atoms in total. The van der Waals surface area contributed by atoms with Crippen LogP contribution in [0.3, 0.4) is 0 Å². The van der Waals surface area contributed by atoms with Crippen LogP contribution in [0, 0.1) is 11.7 Å². The summed E-state index contributed by atoms with van der Waals surface area (Å²) in [4.78, 5) is 26.1. The highest BCUT2D eigenvalue weighted by Gasteiger charge is 2.47. The average molecular weight is 305 g/mol. The first kappa shape index (κ1) is 15.0. The van der Waals surface area contributed by atoms with Crippen molar-refractivity contribution >= 4 is 17.7 Å². The molecule has 0 saturated heterocycles. The zero-order chi connectivity index (χ0) is 16.1. The number of benzene rings is 1. The fraction of sp³-hybridized carbons (Fsp3) is 0.529. The Morgan fingerprint density at radius 2 is 1.95 bits per heavy atom. The summed E-state index contributed by atoms with van der Waals surface area (Å²) in [5.74, 6) is -1.13. The molecule has 1 saturated carbocycles. The van der Waals surface area contributed by atoms with Crippen molar-refractivity contribution in [1.29, 1.82) is 0 Å². The van der Waals surface area contributed by atoms with Gasteiger partial charge in [-0.1, -0.05) is 18.6 Å². The van der Waals surface area contributed by atoms with Gasteiger partial charge in [0.1, 0.15) is 11.4 Å². The molecule has 0 aromatic heterocycles. The zero-order valence-electron chi connectivity index (χ0n) is 13.1. The number of carbonyl (C=O) groups is 2. The van der Waals surface area contributed by atoms with Crippen LogP contribution in [0.5, 0.6) is 0 Å². The van der Waals surface area contributed by atoms with Gasteiger partial charge in [-0.3, -0.25) is 4.79 Å². The second-order valence-electron chi connectivity index (χ2n) is 6.98. The van der Waals surface area contributed by atoms with Crippen LogP contribution in [-0.2, 0) is 9.53 Å². The SMILES string of the molecule is CC(C)(C)OC(=O)N1C(=O)C2CCCC2c2cccc(F)c21. The lowest BCUT2D eigenvalue weighted by molar-refractivity contribution is -0.122. The largest absolute Gasteiger partial charge is 0.443 e. The number of imide groups is 1. The van der Waals surface area contributed by atoms with Gasteiger partial charge in [-0.25, -0.2) is 14.1 Å². The van der Waals surface area contributed by atoms with E-state index in [1.54, 1.807) is 26.8 Å². The number of hydrogen-bond donors (Lipinski definition) is 0. The minimum absolute atomic E-state index is 0.0110. The first-order valence-electron chi connectivity index (χ1n) is 7.65. The van der Waals surface area contributed by atoms with Crippen LogP contribution in [0.25, 0.3) is 0 Å². The van der Waals surface area contributed by atoms with Crippen molar-refractivity contribution in [2.24, 2.45) is 5.92 Å². The number of para-hydroxylation sites is 1. The minimum Gasteiger partial charge on any atom is -0.443 e. The molecule has 22 heavy (non-hydrogen) atoms. The molecule has 0 bridgehead atoms. The van der Waals surface area contributed by atoms with E-state index < -0.39 is 17.5 Å². The van der Waals surface area contributed by atoms with Gasteiger partial charge in [0, 0.05) is 5.92 Å². The van der Waals surface area contributed by atoms with Crippen LogP contribution in [0.15, 0.2) is 18.2 Å². The first-order valence-corrected chi connectivity index (χ1v) is 7.65. The van der Waals surface area contributed by atoms with E-state index in [1.807, 2.05) is 6.07 Å². The quantitative estimate of drug-likeness (QED) is 0.728.